The van der Waals surface area contributed by atoms with E-state index in [1.807, 2.05) is 37.4 Å². The number of rotatable bonds is 2. The molecule has 3 heterocycles. The number of para-hydroxylation sites is 1. The number of fused-ring (bicyclic) bond motifs is 3. The first-order valence-corrected chi connectivity index (χ1v) is 11.8. The minimum absolute atomic E-state index is 0. The molecule has 182 valence electrons. The Labute approximate surface area is 225 Å². The predicted octanol–water partition coefficient (Wildman–Crippen LogP) is 7.53. The average molecular weight is 652 g/mol. The molecule has 1 aliphatic heterocycles. The van der Waals surface area contributed by atoms with Crippen LogP contribution in [0, 0.1) is 19.9 Å². The van der Waals surface area contributed by atoms with Crippen LogP contribution in [0.2, 0.25) is 0 Å². The predicted molar refractivity (Wildman–Crippen MR) is 142 cm³/mol. The number of pyridine rings is 2. The van der Waals surface area contributed by atoms with E-state index in [1.165, 1.54) is 11.1 Å². The first kappa shape index (κ1) is 24.2. The molecule has 0 amide bonds. The maximum Gasteiger partial charge on any atom is 0.140 e. The zero-order valence-electron chi connectivity index (χ0n) is 20.6. The van der Waals surface area contributed by atoms with Gasteiger partial charge in [0.25, 0.3) is 0 Å². The summed E-state index contributed by atoms with van der Waals surface area (Å²) in [7, 11) is 0. The van der Waals surface area contributed by atoms with Gasteiger partial charge in [0.2, 0.25) is 0 Å². The van der Waals surface area contributed by atoms with Crippen molar-refractivity contribution in [3.63, 3.8) is 0 Å². The van der Waals surface area contributed by atoms with E-state index in [4.69, 9.17) is 9.97 Å². The third-order valence-corrected chi connectivity index (χ3v) is 7.10. The quantitative estimate of drug-likeness (QED) is 0.201. The van der Waals surface area contributed by atoms with E-state index in [2.05, 4.69) is 74.2 Å². The molecule has 2 aromatic heterocycles. The van der Waals surface area contributed by atoms with Crippen LogP contribution in [0.15, 0.2) is 79.0 Å². The number of benzene rings is 3. The van der Waals surface area contributed by atoms with Crippen molar-refractivity contribution >= 4 is 28.1 Å². The number of anilines is 3. The molecule has 0 aliphatic carbocycles. The standard InChI is InChI=1S/C31H26N3O.Pt/c1-19-15-16-32-29(17-19)34-26-8-6-5-7-23(26)31(3,4)24-12-10-21(18-27(24)34)25-13-11-22-20(2)9-14-28(35)30(22)33-25;/h5-17,35H,1-4H3;/q-1;. The summed E-state index contributed by atoms with van der Waals surface area (Å²) in [6, 6.07) is 28.2. The maximum atomic E-state index is 10.5. The topological polar surface area (TPSA) is 49.2 Å². The van der Waals surface area contributed by atoms with E-state index >= 15 is 0 Å². The Bertz CT molecular complexity index is 1630. The minimum atomic E-state index is -0.201. The number of aromatic nitrogens is 2. The molecule has 0 atom stereocenters. The van der Waals surface area contributed by atoms with Crippen molar-refractivity contribution in [1.82, 2.24) is 9.97 Å². The van der Waals surface area contributed by atoms with Crippen LogP contribution in [0.3, 0.4) is 0 Å². The van der Waals surface area contributed by atoms with Gasteiger partial charge in [-0.25, -0.2) is 4.98 Å². The fourth-order valence-electron chi connectivity index (χ4n) is 5.15. The summed E-state index contributed by atoms with van der Waals surface area (Å²) in [6.45, 7) is 8.63. The third kappa shape index (κ3) is 3.72. The molecule has 0 spiro atoms. The van der Waals surface area contributed by atoms with Gasteiger partial charge in [0.05, 0.1) is 0 Å². The minimum Gasteiger partial charge on any atom is -0.506 e. The summed E-state index contributed by atoms with van der Waals surface area (Å²) < 4.78 is 0. The van der Waals surface area contributed by atoms with Gasteiger partial charge in [-0.05, 0) is 71.6 Å². The Hall–Kier alpha value is -3.49. The average Bonchev–Trinajstić information content (AvgIpc) is 2.86. The van der Waals surface area contributed by atoms with E-state index in [0.717, 1.165) is 45.0 Å². The Balaban J connectivity index is 0.00000267. The van der Waals surface area contributed by atoms with Crippen LogP contribution < -0.4 is 4.90 Å². The largest absolute Gasteiger partial charge is 0.506 e. The molecule has 4 nitrogen and oxygen atoms in total. The second kappa shape index (κ2) is 8.87. The van der Waals surface area contributed by atoms with Crippen molar-refractivity contribution in [3.05, 3.63) is 107 Å². The molecule has 0 fully saturated rings. The molecule has 5 heteroatoms. The summed E-state index contributed by atoms with van der Waals surface area (Å²) in [5.74, 6) is 1.05. The Morgan fingerprint density at radius 1 is 0.889 bits per heavy atom. The van der Waals surface area contributed by atoms with Gasteiger partial charge in [0.15, 0.2) is 0 Å². The third-order valence-electron chi connectivity index (χ3n) is 7.10. The molecule has 1 N–H and O–H groups in total. The molecule has 5 aromatic rings. The van der Waals surface area contributed by atoms with E-state index in [1.54, 1.807) is 6.07 Å². The van der Waals surface area contributed by atoms with Crippen molar-refractivity contribution in [2.24, 2.45) is 0 Å². The second-order valence-corrected chi connectivity index (χ2v) is 9.80. The molecule has 0 bridgehead atoms. The van der Waals surface area contributed by atoms with Crippen LogP contribution in [-0.2, 0) is 26.5 Å². The summed E-state index contributed by atoms with van der Waals surface area (Å²) in [6.07, 6.45) is 1.85. The number of hydrogen-bond acceptors (Lipinski definition) is 4. The van der Waals surface area contributed by atoms with Crippen LogP contribution in [0.25, 0.3) is 22.2 Å². The Morgan fingerprint density at radius 2 is 1.69 bits per heavy atom. The molecule has 0 saturated carbocycles. The number of aryl methyl sites for hydroxylation is 2. The number of hydrogen-bond donors (Lipinski definition) is 1. The Morgan fingerprint density at radius 3 is 2.50 bits per heavy atom. The van der Waals surface area contributed by atoms with E-state index in [-0.39, 0.29) is 32.2 Å². The van der Waals surface area contributed by atoms with Crippen LogP contribution in [0.1, 0.15) is 36.1 Å². The van der Waals surface area contributed by atoms with Gasteiger partial charge in [-0.1, -0.05) is 55.8 Å². The second-order valence-electron chi connectivity index (χ2n) is 9.80. The van der Waals surface area contributed by atoms with Gasteiger partial charge in [-0.3, -0.25) is 4.98 Å². The van der Waals surface area contributed by atoms with Gasteiger partial charge < -0.3 is 10.0 Å². The van der Waals surface area contributed by atoms with Gasteiger partial charge in [0, 0.05) is 38.3 Å². The molecule has 36 heavy (non-hydrogen) atoms. The van der Waals surface area contributed by atoms with E-state index in [9.17, 15) is 5.11 Å². The van der Waals surface area contributed by atoms with Crippen molar-refractivity contribution in [2.45, 2.75) is 33.1 Å². The SMILES string of the molecule is Cc1ccnc(N2c3[c-]c(-c4ccc5c(C)ccc(O)c5n4)ccc3C(C)(C)c3ccccc32)c1.[Pt]. The van der Waals surface area contributed by atoms with Crippen molar-refractivity contribution in [3.8, 4) is 17.0 Å². The van der Waals surface area contributed by atoms with Crippen LogP contribution in [0.5, 0.6) is 5.75 Å². The zero-order valence-corrected chi connectivity index (χ0v) is 22.9. The molecule has 0 unspecified atom stereocenters. The number of nitrogens with zero attached hydrogens (tertiary/aromatic N) is 3. The van der Waals surface area contributed by atoms with E-state index in [0.29, 0.717) is 5.52 Å². The molecular weight excluding hydrogens is 625 g/mol. The van der Waals surface area contributed by atoms with Gasteiger partial charge in [-0.15, -0.1) is 23.8 Å². The number of phenolic OH excluding ortho intramolecular Hbond substituents is 1. The van der Waals surface area contributed by atoms with Gasteiger partial charge >= 0.3 is 0 Å². The first-order chi connectivity index (χ1) is 16.8. The molecule has 0 radical (unpaired) electrons. The molecule has 0 saturated heterocycles. The molecule has 6 rings (SSSR count). The monoisotopic (exact) mass is 651 g/mol. The molecular formula is C31H26N3OPt-. The van der Waals surface area contributed by atoms with Crippen molar-refractivity contribution in [2.75, 3.05) is 4.90 Å². The van der Waals surface area contributed by atoms with Crippen molar-refractivity contribution < 1.29 is 26.2 Å². The summed E-state index contributed by atoms with van der Waals surface area (Å²) in [5.41, 5.74) is 8.80. The smallest absolute Gasteiger partial charge is 0.140 e. The maximum absolute atomic E-state index is 10.5. The van der Waals surface area contributed by atoms with Gasteiger partial charge in [-0.2, -0.15) is 0 Å². The molecule has 1 aliphatic rings. The van der Waals surface area contributed by atoms with E-state index < -0.39 is 0 Å². The normalized spacial score (nSPS) is 13.6. The summed E-state index contributed by atoms with van der Waals surface area (Å²) in [4.78, 5) is 11.8. The van der Waals surface area contributed by atoms with Gasteiger partial charge in [0.1, 0.15) is 17.1 Å². The first-order valence-electron chi connectivity index (χ1n) is 11.8. The number of phenols is 1. The fraction of sp³-hybridized carbons (Fsp3) is 0.161. The zero-order chi connectivity index (χ0) is 24.3. The summed E-state index contributed by atoms with van der Waals surface area (Å²) in [5, 5.41) is 11.4. The van der Waals surface area contributed by atoms with Crippen LogP contribution in [-0.4, -0.2) is 15.1 Å². The van der Waals surface area contributed by atoms with Crippen molar-refractivity contribution in [1.29, 1.82) is 0 Å². The Kier molecular flexibility index (Phi) is 5.96. The molecule has 3 aromatic carbocycles. The van der Waals surface area contributed by atoms with Crippen LogP contribution >= 0.6 is 0 Å². The fourth-order valence-corrected chi connectivity index (χ4v) is 5.15. The summed E-state index contributed by atoms with van der Waals surface area (Å²) >= 11 is 0. The van der Waals surface area contributed by atoms with Crippen LogP contribution in [0.4, 0.5) is 17.2 Å². The number of aromatic hydroxyl groups is 1.